The summed E-state index contributed by atoms with van der Waals surface area (Å²) in [6, 6.07) is 7.71. The van der Waals surface area contributed by atoms with Crippen LogP contribution >= 0.6 is 23.2 Å². The molecular weight excluding hydrogens is 493 g/mol. The molecule has 3 atom stereocenters. The molecule has 0 heterocycles. The van der Waals surface area contributed by atoms with Gasteiger partial charge >= 0.3 is 0 Å². The van der Waals surface area contributed by atoms with Gasteiger partial charge in [-0.3, -0.25) is 9.59 Å². The topological polar surface area (TPSA) is 96.9 Å². The zero-order valence-corrected chi connectivity index (χ0v) is 19.4. The van der Waals surface area contributed by atoms with E-state index < -0.39 is 40.6 Å². The van der Waals surface area contributed by atoms with E-state index in [2.05, 4.69) is 10.6 Å². The molecule has 2 aliphatic carbocycles. The number of benzene rings is 2. The van der Waals surface area contributed by atoms with Gasteiger partial charge in [0.1, 0.15) is 23.1 Å². The molecule has 0 radical (unpaired) electrons. The van der Waals surface area contributed by atoms with Gasteiger partial charge in [-0.25, -0.2) is 8.78 Å². The first-order chi connectivity index (χ1) is 16.1. The molecule has 0 spiro atoms. The first-order valence-electron chi connectivity index (χ1n) is 10.6. The number of nitrogens with one attached hydrogen (secondary N) is 2. The molecule has 0 saturated heterocycles. The molecule has 11 heteroatoms. The summed E-state index contributed by atoms with van der Waals surface area (Å²) in [6.07, 6.45) is 0.736. The first-order valence-corrected chi connectivity index (χ1v) is 11.3. The highest BCUT2D eigenvalue weighted by Crippen LogP contribution is 2.50. The Labute approximate surface area is 204 Å². The average Bonchev–Trinajstić information content (AvgIpc) is 3.26. The van der Waals surface area contributed by atoms with Crippen LogP contribution in [0, 0.1) is 11.6 Å². The van der Waals surface area contributed by atoms with Crippen molar-refractivity contribution in [3.8, 4) is 11.5 Å². The summed E-state index contributed by atoms with van der Waals surface area (Å²) in [5.41, 5.74) is -1.60. The van der Waals surface area contributed by atoms with Crippen LogP contribution in [0.5, 0.6) is 11.5 Å². The number of carbonyl (C=O) groups is 2. The van der Waals surface area contributed by atoms with Crippen molar-refractivity contribution < 1.29 is 33.0 Å². The van der Waals surface area contributed by atoms with Gasteiger partial charge in [-0.1, -0.05) is 23.2 Å². The number of halogens is 4. The van der Waals surface area contributed by atoms with Crippen LogP contribution in [0.25, 0.3) is 0 Å². The number of hydrogen-bond donors (Lipinski definition) is 3. The summed E-state index contributed by atoms with van der Waals surface area (Å²) in [4.78, 5) is 24.9. The third kappa shape index (κ3) is 5.21. The summed E-state index contributed by atoms with van der Waals surface area (Å²) < 4.78 is 37.7. The lowest BCUT2D eigenvalue weighted by Crippen LogP contribution is -2.54. The maximum absolute atomic E-state index is 13.5. The quantitative estimate of drug-likeness (QED) is 0.501. The Balaban J connectivity index is 1.30. The van der Waals surface area contributed by atoms with Crippen LogP contribution in [0.3, 0.4) is 0 Å². The second kappa shape index (κ2) is 9.56. The normalized spacial score (nSPS) is 25.1. The van der Waals surface area contributed by atoms with Crippen LogP contribution in [0.2, 0.25) is 10.0 Å². The van der Waals surface area contributed by atoms with E-state index in [1.807, 2.05) is 0 Å². The van der Waals surface area contributed by atoms with Crippen molar-refractivity contribution in [2.24, 2.45) is 0 Å². The highest BCUT2D eigenvalue weighted by molar-refractivity contribution is 6.31. The van der Waals surface area contributed by atoms with E-state index in [0.717, 1.165) is 12.1 Å². The Morgan fingerprint density at radius 1 is 0.941 bits per heavy atom. The number of aliphatic hydroxyl groups is 1. The van der Waals surface area contributed by atoms with E-state index in [1.54, 1.807) is 0 Å². The van der Waals surface area contributed by atoms with E-state index >= 15 is 0 Å². The molecule has 2 amide bonds. The fraction of sp³-hybridized carbons (Fsp3) is 0.391. The molecule has 34 heavy (non-hydrogen) atoms. The minimum Gasteiger partial charge on any atom is -0.484 e. The van der Waals surface area contributed by atoms with E-state index in [1.165, 1.54) is 24.3 Å². The van der Waals surface area contributed by atoms with E-state index in [4.69, 9.17) is 32.7 Å². The standard InChI is InChI=1S/C23H22Cl2F2N2O5/c24-15-3-1-13(7-17(15)26)33-10-20(31)28-22-5-6-23(12-22,19(30)9-22)29-21(32)11-34-14-2-4-16(25)18(27)8-14/h1-4,7-8,19,30H,5-6,9-12H2,(H,28,31)(H,29,32)/t19-,22-,23?/m0/s1. The summed E-state index contributed by atoms with van der Waals surface area (Å²) >= 11 is 11.3. The van der Waals surface area contributed by atoms with Crippen LogP contribution < -0.4 is 20.1 Å². The number of amides is 2. The molecule has 2 aromatic rings. The molecule has 2 aromatic carbocycles. The fourth-order valence-electron chi connectivity index (χ4n) is 4.69. The molecule has 7 nitrogen and oxygen atoms in total. The fourth-order valence-corrected chi connectivity index (χ4v) is 4.93. The molecule has 2 saturated carbocycles. The number of rotatable bonds is 8. The van der Waals surface area contributed by atoms with Gasteiger partial charge in [0.05, 0.1) is 21.7 Å². The number of aliphatic hydroxyl groups excluding tert-OH is 1. The molecule has 3 N–H and O–H groups in total. The second-order valence-electron chi connectivity index (χ2n) is 8.66. The van der Waals surface area contributed by atoms with Crippen molar-refractivity contribution in [1.29, 1.82) is 0 Å². The smallest absolute Gasteiger partial charge is 0.258 e. The number of ether oxygens (including phenoxy) is 2. The zero-order valence-electron chi connectivity index (χ0n) is 17.9. The zero-order chi connectivity index (χ0) is 24.5. The second-order valence-corrected chi connectivity index (χ2v) is 9.47. The molecule has 0 aliphatic heterocycles. The average molecular weight is 515 g/mol. The van der Waals surface area contributed by atoms with Crippen molar-refractivity contribution >= 4 is 35.0 Å². The summed E-state index contributed by atoms with van der Waals surface area (Å²) in [5, 5.41) is 16.3. The highest BCUT2D eigenvalue weighted by atomic mass is 35.5. The predicted molar refractivity (Wildman–Crippen MR) is 120 cm³/mol. The largest absolute Gasteiger partial charge is 0.484 e. The van der Waals surface area contributed by atoms with Crippen molar-refractivity contribution in [2.75, 3.05) is 13.2 Å². The van der Waals surface area contributed by atoms with Crippen LogP contribution in [0.15, 0.2) is 36.4 Å². The Morgan fingerprint density at radius 3 is 1.97 bits per heavy atom. The van der Waals surface area contributed by atoms with Gasteiger partial charge in [-0.05, 0) is 49.9 Å². The van der Waals surface area contributed by atoms with Crippen molar-refractivity contribution in [3.05, 3.63) is 58.1 Å². The third-order valence-electron chi connectivity index (χ3n) is 6.24. The molecule has 1 unspecified atom stereocenters. The monoisotopic (exact) mass is 514 g/mol. The Bertz CT molecular complexity index is 1120. The van der Waals surface area contributed by atoms with Gasteiger partial charge in [-0.15, -0.1) is 0 Å². The van der Waals surface area contributed by atoms with Crippen molar-refractivity contribution in [3.63, 3.8) is 0 Å². The van der Waals surface area contributed by atoms with E-state index in [9.17, 15) is 23.5 Å². The Hall–Kier alpha value is -2.62. The van der Waals surface area contributed by atoms with Crippen LogP contribution in [-0.4, -0.2) is 47.3 Å². The lowest BCUT2D eigenvalue weighted by atomic mass is 9.88. The molecule has 4 rings (SSSR count). The Morgan fingerprint density at radius 2 is 1.47 bits per heavy atom. The van der Waals surface area contributed by atoms with Crippen molar-refractivity contribution in [1.82, 2.24) is 10.6 Å². The molecule has 2 aliphatic rings. The van der Waals surface area contributed by atoms with E-state index in [0.29, 0.717) is 19.3 Å². The molecule has 0 aromatic heterocycles. The van der Waals surface area contributed by atoms with Crippen molar-refractivity contribution in [2.45, 2.75) is 42.9 Å². The minimum absolute atomic E-state index is 0.0503. The van der Waals surface area contributed by atoms with Gasteiger partial charge in [0, 0.05) is 17.7 Å². The number of carbonyl (C=O) groups excluding carboxylic acids is 2. The molecule has 2 bridgehead atoms. The van der Waals surface area contributed by atoms with Gasteiger partial charge < -0.3 is 25.2 Å². The SMILES string of the molecule is O=C(COc1ccc(Cl)c(F)c1)NC12CC[C@](NC(=O)COc3ccc(Cl)c(F)c3)(C[C@@H]1O)C2. The molecular formula is C23H22Cl2F2N2O5. The van der Waals surface area contributed by atoms with Gasteiger partial charge in [0.2, 0.25) is 0 Å². The number of hydrogen-bond acceptors (Lipinski definition) is 5. The molecule has 2 fully saturated rings. The van der Waals surface area contributed by atoms with E-state index in [-0.39, 0.29) is 41.2 Å². The Kier molecular flexibility index (Phi) is 6.89. The van der Waals surface area contributed by atoms with Crippen LogP contribution in [0.4, 0.5) is 8.78 Å². The maximum atomic E-state index is 13.5. The predicted octanol–water partition coefficient (Wildman–Crippen LogP) is 3.39. The third-order valence-corrected chi connectivity index (χ3v) is 6.85. The van der Waals surface area contributed by atoms with Gasteiger partial charge in [0.25, 0.3) is 11.8 Å². The lowest BCUT2D eigenvalue weighted by Gasteiger charge is -2.33. The summed E-state index contributed by atoms with van der Waals surface area (Å²) in [5.74, 6) is -1.92. The lowest BCUT2D eigenvalue weighted by molar-refractivity contribution is -0.127. The summed E-state index contributed by atoms with van der Waals surface area (Å²) in [7, 11) is 0. The maximum Gasteiger partial charge on any atom is 0.258 e. The first kappa shape index (κ1) is 24.5. The highest BCUT2D eigenvalue weighted by Gasteiger charge is 2.61. The van der Waals surface area contributed by atoms with Gasteiger partial charge in [0.15, 0.2) is 13.2 Å². The number of fused-ring (bicyclic) bond motifs is 2. The van der Waals surface area contributed by atoms with Crippen LogP contribution in [0.1, 0.15) is 25.7 Å². The molecule has 182 valence electrons. The van der Waals surface area contributed by atoms with Gasteiger partial charge in [-0.2, -0.15) is 0 Å². The van der Waals surface area contributed by atoms with Crippen LogP contribution in [-0.2, 0) is 9.59 Å². The summed E-state index contributed by atoms with van der Waals surface area (Å²) in [6.45, 7) is -0.718. The minimum atomic E-state index is -0.904.